The molecular formula is C15H27IN4O2. The SMILES string of the molecule is CC(C)(C)OC(=O)N1CCN2C(NCC3CC3)=NCC2C1.I. The Morgan fingerprint density at radius 2 is 2.09 bits per heavy atom. The fourth-order valence-corrected chi connectivity index (χ4v) is 2.78. The van der Waals surface area contributed by atoms with Gasteiger partial charge in [-0.1, -0.05) is 0 Å². The lowest BCUT2D eigenvalue weighted by molar-refractivity contribution is 0.0137. The van der Waals surface area contributed by atoms with Crippen molar-refractivity contribution in [3.63, 3.8) is 0 Å². The van der Waals surface area contributed by atoms with Gasteiger partial charge in [0, 0.05) is 26.2 Å². The first-order valence-corrected chi connectivity index (χ1v) is 7.95. The van der Waals surface area contributed by atoms with Gasteiger partial charge in [0.05, 0.1) is 12.6 Å². The van der Waals surface area contributed by atoms with Crippen molar-refractivity contribution in [1.82, 2.24) is 15.1 Å². The smallest absolute Gasteiger partial charge is 0.410 e. The minimum atomic E-state index is -0.433. The van der Waals surface area contributed by atoms with Crippen molar-refractivity contribution < 1.29 is 9.53 Å². The van der Waals surface area contributed by atoms with E-state index in [-0.39, 0.29) is 30.1 Å². The molecule has 2 aliphatic heterocycles. The first-order chi connectivity index (χ1) is 9.92. The van der Waals surface area contributed by atoms with Crippen LogP contribution in [0.5, 0.6) is 0 Å². The predicted octanol–water partition coefficient (Wildman–Crippen LogP) is 1.89. The van der Waals surface area contributed by atoms with E-state index in [1.54, 1.807) is 0 Å². The lowest BCUT2D eigenvalue weighted by Gasteiger charge is -2.39. The lowest BCUT2D eigenvalue weighted by Crippen LogP contribution is -2.57. The number of ether oxygens (including phenoxy) is 1. The number of amides is 1. The summed E-state index contributed by atoms with van der Waals surface area (Å²) in [7, 11) is 0. The molecule has 1 saturated carbocycles. The molecule has 0 radical (unpaired) electrons. The standard InChI is InChI=1S/C15H26N4O2.HI/c1-15(2,3)21-14(20)18-6-7-19-12(10-18)9-17-13(19)16-8-11-4-5-11;/h11-12H,4-10H2,1-3H3,(H,16,17);1H. The van der Waals surface area contributed by atoms with Crippen molar-refractivity contribution in [2.75, 3.05) is 32.7 Å². The highest BCUT2D eigenvalue weighted by Crippen LogP contribution is 2.28. The molecule has 1 atom stereocenters. The van der Waals surface area contributed by atoms with Crippen LogP contribution in [0.25, 0.3) is 0 Å². The Hall–Kier alpha value is -0.730. The molecule has 1 aliphatic carbocycles. The molecule has 0 spiro atoms. The number of nitrogens with one attached hydrogen (secondary N) is 1. The summed E-state index contributed by atoms with van der Waals surface area (Å²) in [6, 6.07) is 0.299. The van der Waals surface area contributed by atoms with E-state index in [9.17, 15) is 4.79 Å². The number of hydrogen-bond donors (Lipinski definition) is 1. The Kier molecular flexibility index (Phi) is 5.45. The van der Waals surface area contributed by atoms with Crippen LogP contribution in [0.4, 0.5) is 4.79 Å². The summed E-state index contributed by atoms with van der Waals surface area (Å²) in [4.78, 5) is 20.9. The van der Waals surface area contributed by atoms with Gasteiger partial charge in [-0.3, -0.25) is 4.99 Å². The third-order valence-corrected chi connectivity index (χ3v) is 4.10. The molecule has 1 unspecified atom stereocenters. The number of rotatable bonds is 2. The number of halogens is 1. The first kappa shape index (κ1) is 17.6. The summed E-state index contributed by atoms with van der Waals surface area (Å²) in [6.07, 6.45) is 2.48. The quantitative estimate of drug-likeness (QED) is 0.691. The van der Waals surface area contributed by atoms with E-state index in [1.165, 1.54) is 12.8 Å². The van der Waals surface area contributed by atoms with E-state index in [0.29, 0.717) is 19.1 Å². The van der Waals surface area contributed by atoms with Crippen molar-refractivity contribution in [2.45, 2.75) is 45.3 Å². The average Bonchev–Trinajstić information content (AvgIpc) is 3.14. The summed E-state index contributed by atoms with van der Waals surface area (Å²) < 4.78 is 5.46. The van der Waals surface area contributed by atoms with Crippen LogP contribution in [0.15, 0.2) is 4.99 Å². The second-order valence-corrected chi connectivity index (χ2v) is 7.26. The molecule has 126 valence electrons. The average molecular weight is 422 g/mol. The fraction of sp³-hybridized carbons (Fsp3) is 0.867. The summed E-state index contributed by atoms with van der Waals surface area (Å²) >= 11 is 0. The van der Waals surface area contributed by atoms with Crippen LogP contribution in [0, 0.1) is 5.92 Å². The normalized spacial score (nSPS) is 24.3. The molecule has 0 aromatic carbocycles. The zero-order chi connectivity index (χ0) is 15.0. The van der Waals surface area contributed by atoms with Crippen LogP contribution in [-0.2, 0) is 4.74 Å². The van der Waals surface area contributed by atoms with E-state index >= 15 is 0 Å². The monoisotopic (exact) mass is 422 g/mol. The van der Waals surface area contributed by atoms with Gasteiger partial charge in [-0.2, -0.15) is 0 Å². The molecule has 7 heteroatoms. The number of carbonyl (C=O) groups is 1. The molecule has 22 heavy (non-hydrogen) atoms. The van der Waals surface area contributed by atoms with Crippen LogP contribution in [0.1, 0.15) is 33.6 Å². The molecule has 0 bridgehead atoms. The maximum absolute atomic E-state index is 12.1. The molecule has 6 nitrogen and oxygen atoms in total. The van der Waals surface area contributed by atoms with Crippen LogP contribution < -0.4 is 5.32 Å². The van der Waals surface area contributed by atoms with E-state index in [4.69, 9.17) is 4.74 Å². The second-order valence-electron chi connectivity index (χ2n) is 7.26. The lowest BCUT2D eigenvalue weighted by atomic mass is 10.2. The maximum Gasteiger partial charge on any atom is 0.410 e. The Morgan fingerprint density at radius 3 is 2.73 bits per heavy atom. The Labute approximate surface area is 149 Å². The maximum atomic E-state index is 12.1. The molecule has 3 aliphatic rings. The molecule has 2 fully saturated rings. The van der Waals surface area contributed by atoms with Crippen LogP contribution >= 0.6 is 24.0 Å². The molecule has 0 aromatic heterocycles. The number of aliphatic imine (C=N–C) groups is 1. The molecule has 3 rings (SSSR count). The summed E-state index contributed by atoms with van der Waals surface area (Å²) in [5.74, 6) is 1.87. The Morgan fingerprint density at radius 1 is 1.36 bits per heavy atom. The van der Waals surface area contributed by atoms with Gasteiger partial charge in [-0.05, 0) is 39.5 Å². The van der Waals surface area contributed by atoms with Crippen molar-refractivity contribution >= 4 is 36.0 Å². The third-order valence-electron chi connectivity index (χ3n) is 4.10. The summed E-state index contributed by atoms with van der Waals surface area (Å²) in [5, 5.41) is 3.47. The minimum absolute atomic E-state index is 0. The van der Waals surface area contributed by atoms with E-state index < -0.39 is 5.60 Å². The van der Waals surface area contributed by atoms with Gasteiger partial charge in [-0.15, -0.1) is 24.0 Å². The predicted molar refractivity (Wildman–Crippen MR) is 96.7 cm³/mol. The minimum Gasteiger partial charge on any atom is -0.444 e. The van der Waals surface area contributed by atoms with Crippen LogP contribution in [0.2, 0.25) is 0 Å². The van der Waals surface area contributed by atoms with E-state index in [2.05, 4.69) is 15.2 Å². The van der Waals surface area contributed by atoms with E-state index in [0.717, 1.165) is 31.5 Å². The highest BCUT2D eigenvalue weighted by molar-refractivity contribution is 14.0. The zero-order valence-electron chi connectivity index (χ0n) is 13.7. The third kappa shape index (κ3) is 4.39. The van der Waals surface area contributed by atoms with Gasteiger partial charge < -0.3 is 19.9 Å². The molecular weight excluding hydrogens is 395 g/mol. The van der Waals surface area contributed by atoms with Crippen molar-refractivity contribution in [2.24, 2.45) is 10.9 Å². The first-order valence-electron chi connectivity index (χ1n) is 7.95. The van der Waals surface area contributed by atoms with Gasteiger partial charge in [0.25, 0.3) is 0 Å². The number of fused-ring (bicyclic) bond motifs is 1. The number of nitrogens with zero attached hydrogens (tertiary/aromatic N) is 3. The zero-order valence-corrected chi connectivity index (χ0v) is 16.0. The summed E-state index contributed by atoms with van der Waals surface area (Å²) in [6.45, 7) is 9.76. The highest BCUT2D eigenvalue weighted by atomic mass is 127. The highest BCUT2D eigenvalue weighted by Gasteiger charge is 2.36. The largest absolute Gasteiger partial charge is 0.444 e. The van der Waals surface area contributed by atoms with Crippen LogP contribution in [-0.4, -0.2) is 66.2 Å². The molecule has 1 amide bonds. The fourth-order valence-electron chi connectivity index (χ4n) is 2.78. The van der Waals surface area contributed by atoms with Crippen LogP contribution in [0.3, 0.4) is 0 Å². The second kappa shape index (κ2) is 6.80. The summed E-state index contributed by atoms with van der Waals surface area (Å²) in [5.41, 5.74) is -0.433. The molecule has 1 saturated heterocycles. The molecule has 0 aromatic rings. The van der Waals surface area contributed by atoms with Gasteiger partial charge in [0.1, 0.15) is 5.60 Å². The number of carbonyl (C=O) groups excluding carboxylic acids is 1. The van der Waals surface area contributed by atoms with Gasteiger partial charge >= 0.3 is 6.09 Å². The Bertz CT molecular complexity index is 445. The van der Waals surface area contributed by atoms with Gasteiger partial charge in [0.2, 0.25) is 0 Å². The topological polar surface area (TPSA) is 57.2 Å². The Balaban J connectivity index is 0.00000176. The molecule has 2 heterocycles. The van der Waals surface area contributed by atoms with Crippen molar-refractivity contribution in [3.8, 4) is 0 Å². The van der Waals surface area contributed by atoms with Gasteiger partial charge in [0.15, 0.2) is 5.96 Å². The van der Waals surface area contributed by atoms with Crippen molar-refractivity contribution in [3.05, 3.63) is 0 Å². The number of piperazine rings is 1. The van der Waals surface area contributed by atoms with E-state index in [1.807, 2.05) is 25.7 Å². The van der Waals surface area contributed by atoms with Gasteiger partial charge in [-0.25, -0.2) is 4.79 Å². The number of hydrogen-bond acceptors (Lipinski definition) is 5. The van der Waals surface area contributed by atoms with Crippen molar-refractivity contribution in [1.29, 1.82) is 0 Å². The number of guanidine groups is 1. The molecule has 1 N–H and O–H groups in total.